The third-order valence-electron chi connectivity index (χ3n) is 2.99. The molecule has 0 aliphatic heterocycles. The summed E-state index contributed by atoms with van der Waals surface area (Å²) < 4.78 is 47.9. The van der Waals surface area contributed by atoms with Crippen LogP contribution in [0, 0.1) is 0 Å². The highest BCUT2D eigenvalue weighted by atomic mass is 19.4. The average Bonchev–Trinajstić information content (AvgIpc) is 2.54. The van der Waals surface area contributed by atoms with E-state index in [1.165, 1.54) is 24.3 Å². The zero-order chi connectivity index (χ0) is 16.7. The zero-order valence-corrected chi connectivity index (χ0v) is 12.1. The molecule has 0 saturated carbocycles. The largest absolute Gasteiger partial charge is 0.452 e. The molecule has 0 amide bonds. The van der Waals surface area contributed by atoms with Crippen molar-refractivity contribution >= 4 is 5.97 Å². The molecule has 0 unspecified atom stereocenters. The predicted octanol–water partition coefficient (Wildman–Crippen LogP) is 3.99. The maximum atomic E-state index is 12.9. The molecule has 122 valence electrons. The molecule has 3 nitrogen and oxygen atoms in total. The van der Waals surface area contributed by atoms with Crippen LogP contribution in [-0.2, 0) is 15.9 Å². The summed E-state index contributed by atoms with van der Waals surface area (Å²) in [7, 11) is 0. The van der Waals surface area contributed by atoms with Crippen LogP contribution in [0.4, 0.5) is 13.2 Å². The first-order valence-electron chi connectivity index (χ1n) is 6.95. The van der Waals surface area contributed by atoms with E-state index in [9.17, 15) is 18.0 Å². The molecule has 2 rings (SSSR count). The van der Waals surface area contributed by atoms with Crippen LogP contribution in [0.2, 0.25) is 0 Å². The van der Waals surface area contributed by atoms with Gasteiger partial charge in [0.15, 0.2) is 0 Å². The van der Waals surface area contributed by atoms with Crippen molar-refractivity contribution in [3.8, 4) is 0 Å². The minimum atomic E-state index is -4.79. The first kappa shape index (κ1) is 17.0. The highest BCUT2D eigenvalue weighted by Gasteiger charge is 2.44. The quantitative estimate of drug-likeness (QED) is 0.595. The first-order chi connectivity index (χ1) is 11.0. The Kier molecular flexibility index (Phi) is 5.76. The Balaban J connectivity index is 1.94. The van der Waals surface area contributed by atoms with Gasteiger partial charge in [-0.25, -0.2) is 4.79 Å². The van der Waals surface area contributed by atoms with E-state index in [1.54, 1.807) is 30.3 Å². The summed E-state index contributed by atoms with van der Waals surface area (Å²) >= 11 is 0. The van der Waals surface area contributed by atoms with Gasteiger partial charge in [-0.2, -0.15) is 13.2 Å². The minimum absolute atomic E-state index is 0.0356. The third-order valence-corrected chi connectivity index (χ3v) is 2.99. The highest BCUT2D eigenvalue weighted by molar-refractivity contribution is 5.89. The van der Waals surface area contributed by atoms with Crippen molar-refractivity contribution in [2.45, 2.75) is 18.9 Å². The second kappa shape index (κ2) is 7.78. The SMILES string of the molecule is O=C(O[C@H](OCCc1ccccc1)C(F)(F)F)c1ccccc1. The molecule has 0 spiro atoms. The summed E-state index contributed by atoms with van der Waals surface area (Å²) in [4.78, 5) is 11.7. The van der Waals surface area contributed by atoms with Crippen LogP contribution >= 0.6 is 0 Å². The van der Waals surface area contributed by atoms with E-state index in [0.29, 0.717) is 0 Å². The van der Waals surface area contributed by atoms with Crippen LogP contribution in [0.1, 0.15) is 15.9 Å². The van der Waals surface area contributed by atoms with E-state index in [-0.39, 0.29) is 18.6 Å². The molecule has 0 aliphatic rings. The van der Waals surface area contributed by atoms with Gasteiger partial charge in [0.25, 0.3) is 6.29 Å². The van der Waals surface area contributed by atoms with E-state index in [2.05, 4.69) is 4.74 Å². The monoisotopic (exact) mass is 324 g/mol. The number of hydrogen-bond donors (Lipinski definition) is 0. The van der Waals surface area contributed by atoms with Crippen molar-refractivity contribution in [3.63, 3.8) is 0 Å². The van der Waals surface area contributed by atoms with Gasteiger partial charge in [0.1, 0.15) is 0 Å². The lowest BCUT2D eigenvalue weighted by Gasteiger charge is -2.20. The van der Waals surface area contributed by atoms with Gasteiger partial charge in [-0.3, -0.25) is 0 Å². The Morgan fingerprint density at radius 2 is 1.52 bits per heavy atom. The molecule has 1 atom stereocenters. The summed E-state index contributed by atoms with van der Waals surface area (Å²) in [5, 5.41) is 0. The molecule has 2 aromatic rings. The minimum Gasteiger partial charge on any atom is -0.422 e. The maximum absolute atomic E-state index is 12.9. The standard InChI is InChI=1S/C17H15F3O3/c18-17(19,20)16(22-12-11-13-7-3-1-4-8-13)23-15(21)14-9-5-2-6-10-14/h1-10,16H,11-12H2/t16-/m0/s1. The number of ether oxygens (including phenoxy) is 2. The van der Waals surface area contributed by atoms with Gasteiger partial charge >= 0.3 is 12.1 Å². The van der Waals surface area contributed by atoms with E-state index < -0.39 is 18.4 Å². The Morgan fingerprint density at radius 1 is 0.957 bits per heavy atom. The molecule has 23 heavy (non-hydrogen) atoms. The van der Waals surface area contributed by atoms with Crippen molar-refractivity contribution in [1.29, 1.82) is 0 Å². The summed E-state index contributed by atoms with van der Waals surface area (Å²) in [5.41, 5.74) is 0.871. The van der Waals surface area contributed by atoms with Gasteiger partial charge in [-0.1, -0.05) is 48.5 Å². The molecule has 0 aliphatic carbocycles. The van der Waals surface area contributed by atoms with Crippen molar-refractivity contribution in [2.24, 2.45) is 0 Å². The van der Waals surface area contributed by atoms with Crippen LogP contribution in [0.5, 0.6) is 0 Å². The fourth-order valence-electron chi connectivity index (χ4n) is 1.86. The van der Waals surface area contributed by atoms with E-state index in [4.69, 9.17) is 4.74 Å². The molecule has 0 radical (unpaired) electrons. The summed E-state index contributed by atoms with van der Waals surface area (Å²) in [6, 6.07) is 16.4. The number of alkyl halides is 3. The van der Waals surface area contributed by atoms with Crippen molar-refractivity contribution in [3.05, 3.63) is 71.8 Å². The number of halogens is 3. The molecule has 0 heterocycles. The van der Waals surface area contributed by atoms with Gasteiger partial charge in [0.05, 0.1) is 12.2 Å². The molecule has 2 aromatic carbocycles. The Bertz CT molecular complexity index is 612. The van der Waals surface area contributed by atoms with E-state index in [1.807, 2.05) is 6.07 Å². The maximum Gasteiger partial charge on any atom is 0.452 e. The van der Waals surface area contributed by atoms with Gasteiger partial charge in [0.2, 0.25) is 0 Å². The topological polar surface area (TPSA) is 35.5 Å². The molecule has 0 saturated heterocycles. The molecular formula is C17H15F3O3. The zero-order valence-electron chi connectivity index (χ0n) is 12.1. The predicted molar refractivity (Wildman–Crippen MR) is 77.8 cm³/mol. The average molecular weight is 324 g/mol. The number of esters is 1. The van der Waals surface area contributed by atoms with Crippen molar-refractivity contribution in [1.82, 2.24) is 0 Å². The first-order valence-corrected chi connectivity index (χ1v) is 6.95. The normalized spacial score (nSPS) is 12.7. The summed E-state index contributed by atoms with van der Waals surface area (Å²) in [6.07, 6.45) is -7.09. The van der Waals surface area contributed by atoms with Gasteiger partial charge in [-0.15, -0.1) is 0 Å². The lowest BCUT2D eigenvalue weighted by molar-refractivity contribution is -0.291. The second-order valence-corrected chi connectivity index (χ2v) is 4.75. The van der Waals surface area contributed by atoms with Crippen LogP contribution in [0.15, 0.2) is 60.7 Å². The summed E-state index contributed by atoms with van der Waals surface area (Å²) in [5.74, 6) is -1.08. The van der Waals surface area contributed by atoms with Gasteiger partial charge < -0.3 is 9.47 Å². The van der Waals surface area contributed by atoms with Gasteiger partial charge in [0, 0.05) is 0 Å². The second-order valence-electron chi connectivity index (χ2n) is 4.75. The molecule has 0 bridgehead atoms. The Morgan fingerprint density at radius 3 is 2.09 bits per heavy atom. The van der Waals surface area contributed by atoms with E-state index in [0.717, 1.165) is 5.56 Å². The van der Waals surface area contributed by atoms with Crippen LogP contribution in [0.25, 0.3) is 0 Å². The Hall–Kier alpha value is -2.34. The van der Waals surface area contributed by atoms with Crippen molar-refractivity contribution < 1.29 is 27.4 Å². The Labute approximate surface area is 131 Å². The fraction of sp³-hybridized carbons (Fsp3) is 0.235. The third kappa shape index (κ3) is 5.41. The van der Waals surface area contributed by atoms with Crippen LogP contribution in [-0.4, -0.2) is 25.0 Å². The molecule has 6 heteroatoms. The molecular weight excluding hydrogens is 309 g/mol. The fourth-order valence-corrected chi connectivity index (χ4v) is 1.86. The highest BCUT2D eigenvalue weighted by Crippen LogP contribution is 2.25. The lowest BCUT2D eigenvalue weighted by Crippen LogP contribution is -2.36. The molecule has 0 N–H and O–H groups in total. The lowest BCUT2D eigenvalue weighted by atomic mass is 10.2. The molecule has 0 aromatic heterocycles. The smallest absolute Gasteiger partial charge is 0.422 e. The van der Waals surface area contributed by atoms with Gasteiger partial charge in [-0.05, 0) is 24.1 Å². The van der Waals surface area contributed by atoms with Crippen LogP contribution < -0.4 is 0 Å². The van der Waals surface area contributed by atoms with Crippen molar-refractivity contribution in [2.75, 3.05) is 6.61 Å². The number of benzene rings is 2. The number of hydrogen-bond acceptors (Lipinski definition) is 3. The van der Waals surface area contributed by atoms with E-state index >= 15 is 0 Å². The molecule has 0 fully saturated rings. The van der Waals surface area contributed by atoms with Crippen LogP contribution in [0.3, 0.4) is 0 Å². The summed E-state index contributed by atoms with van der Waals surface area (Å²) in [6.45, 7) is -0.212. The number of carbonyl (C=O) groups excluding carboxylic acids is 1. The number of carbonyl (C=O) groups is 1. The number of rotatable bonds is 6.